The number of halogens is 1. The topological polar surface area (TPSA) is 41.1 Å². The molecule has 0 bridgehead atoms. The molecule has 1 aromatic heterocycles. The molecule has 1 heterocycles. The van der Waals surface area contributed by atoms with Crippen LogP contribution in [0.3, 0.4) is 0 Å². The Hall–Kier alpha value is -0.580. The highest BCUT2D eigenvalue weighted by atomic mass is 35.5. The molecule has 78 valence electrons. The van der Waals surface area contributed by atoms with Gasteiger partial charge in [0.1, 0.15) is 4.88 Å². The van der Waals surface area contributed by atoms with Crippen LogP contribution in [0.1, 0.15) is 16.1 Å². The molecule has 0 aliphatic carbocycles. The van der Waals surface area contributed by atoms with Crippen molar-refractivity contribution in [3.63, 3.8) is 0 Å². The van der Waals surface area contributed by atoms with Crippen LogP contribution in [-0.2, 0) is 0 Å². The van der Waals surface area contributed by atoms with E-state index in [4.69, 9.17) is 11.6 Å². The van der Waals surface area contributed by atoms with Gasteiger partial charge in [0.2, 0.25) is 0 Å². The van der Waals surface area contributed by atoms with Crippen molar-refractivity contribution in [2.24, 2.45) is 0 Å². The molecule has 5 heteroatoms. The first-order valence-corrected chi connectivity index (χ1v) is 5.67. The summed E-state index contributed by atoms with van der Waals surface area (Å²) in [4.78, 5) is 12.1. The molecule has 0 saturated heterocycles. The monoisotopic (exact) mass is 232 g/mol. The van der Waals surface area contributed by atoms with Crippen LogP contribution >= 0.6 is 22.9 Å². The minimum atomic E-state index is -0.0823. The van der Waals surface area contributed by atoms with Gasteiger partial charge in [-0.25, -0.2) is 0 Å². The number of amides is 1. The maximum atomic E-state index is 11.5. The molecule has 0 unspecified atom stereocenters. The van der Waals surface area contributed by atoms with E-state index in [1.807, 2.05) is 12.4 Å². The third-order valence-electron chi connectivity index (χ3n) is 1.71. The largest absolute Gasteiger partial charge is 0.351 e. The Morgan fingerprint density at radius 2 is 2.36 bits per heavy atom. The van der Waals surface area contributed by atoms with E-state index in [-0.39, 0.29) is 5.91 Å². The van der Waals surface area contributed by atoms with E-state index in [1.54, 1.807) is 6.07 Å². The lowest BCUT2D eigenvalue weighted by Gasteiger charge is -2.03. The number of carbonyl (C=O) groups excluding carboxylic acids is 1. The maximum absolute atomic E-state index is 11.5. The summed E-state index contributed by atoms with van der Waals surface area (Å²) in [7, 11) is 1.89. The number of rotatable bonds is 5. The van der Waals surface area contributed by atoms with E-state index in [1.165, 1.54) is 11.3 Å². The zero-order chi connectivity index (χ0) is 10.4. The fraction of sp³-hybridized carbons (Fsp3) is 0.444. The van der Waals surface area contributed by atoms with E-state index in [0.29, 0.717) is 16.4 Å². The first kappa shape index (κ1) is 11.5. The summed E-state index contributed by atoms with van der Waals surface area (Å²) < 4.78 is 0. The lowest BCUT2D eigenvalue weighted by molar-refractivity contribution is 0.0957. The van der Waals surface area contributed by atoms with Gasteiger partial charge >= 0.3 is 0 Å². The van der Waals surface area contributed by atoms with Gasteiger partial charge in [-0.05, 0) is 31.5 Å². The molecule has 0 saturated carbocycles. The standard InChI is InChI=1S/C9H13ClN2OS/c1-11-4-2-5-12-9(13)8-7(10)3-6-14-8/h3,6,11H,2,4-5H2,1H3,(H,12,13). The smallest absolute Gasteiger partial charge is 0.262 e. The van der Waals surface area contributed by atoms with Gasteiger partial charge in [-0.2, -0.15) is 0 Å². The Balaban J connectivity index is 2.32. The fourth-order valence-corrected chi connectivity index (χ4v) is 2.06. The Morgan fingerprint density at radius 3 is 2.93 bits per heavy atom. The molecule has 0 atom stereocenters. The maximum Gasteiger partial charge on any atom is 0.262 e. The number of hydrogen-bond acceptors (Lipinski definition) is 3. The third-order valence-corrected chi connectivity index (χ3v) is 3.05. The first-order chi connectivity index (χ1) is 6.75. The Morgan fingerprint density at radius 1 is 1.57 bits per heavy atom. The summed E-state index contributed by atoms with van der Waals surface area (Å²) in [5.74, 6) is -0.0823. The molecule has 0 spiro atoms. The lowest BCUT2D eigenvalue weighted by atomic mass is 10.4. The molecule has 0 aliphatic heterocycles. The molecule has 3 nitrogen and oxygen atoms in total. The van der Waals surface area contributed by atoms with Crippen molar-refractivity contribution in [1.29, 1.82) is 0 Å². The number of nitrogens with one attached hydrogen (secondary N) is 2. The van der Waals surface area contributed by atoms with Crippen LogP contribution < -0.4 is 10.6 Å². The van der Waals surface area contributed by atoms with Gasteiger partial charge in [0.15, 0.2) is 0 Å². The Kier molecular flexibility index (Phi) is 4.93. The second-order valence-corrected chi connectivity index (χ2v) is 4.13. The van der Waals surface area contributed by atoms with E-state index >= 15 is 0 Å². The summed E-state index contributed by atoms with van der Waals surface area (Å²) >= 11 is 7.17. The average molecular weight is 233 g/mol. The van der Waals surface area contributed by atoms with Crippen molar-refractivity contribution < 1.29 is 4.79 Å². The predicted octanol–water partition coefficient (Wildman–Crippen LogP) is 1.74. The number of hydrogen-bond donors (Lipinski definition) is 2. The SMILES string of the molecule is CNCCCNC(=O)c1sccc1Cl. The average Bonchev–Trinajstić information content (AvgIpc) is 2.59. The van der Waals surface area contributed by atoms with Gasteiger partial charge in [0, 0.05) is 6.54 Å². The van der Waals surface area contributed by atoms with Crippen LogP contribution in [0.25, 0.3) is 0 Å². The summed E-state index contributed by atoms with van der Waals surface area (Å²) in [5.41, 5.74) is 0. The molecule has 0 aromatic carbocycles. The summed E-state index contributed by atoms with van der Waals surface area (Å²) in [6, 6.07) is 1.73. The Labute approximate surface area is 92.5 Å². The quantitative estimate of drug-likeness (QED) is 0.760. The van der Waals surface area contributed by atoms with Gasteiger partial charge in [0.25, 0.3) is 5.91 Å². The molecular weight excluding hydrogens is 220 g/mol. The molecule has 1 rings (SSSR count). The number of thiophene rings is 1. The molecule has 0 aliphatic rings. The normalized spacial score (nSPS) is 10.1. The van der Waals surface area contributed by atoms with Gasteiger partial charge in [-0.15, -0.1) is 11.3 Å². The molecule has 2 N–H and O–H groups in total. The molecule has 0 fully saturated rings. The first-order valence-electron chi connectivity index (χ1n) is 4.41. The van der Waals surface area contributed by atoms with Crippen LogP contribution in [0.2, 0.25) is 5.02 Å². The molecule has 1 aromatic rings. The van der Waals surface area contributed by atoms with Crippen molar-refractivity contribution in [3.8, 4) is 0 Å². The van der Waals surface area contributed by atoms with Crippen molar-refractivity contribution in [2.45, 2.75) is 6.42 Å². The van der Waals surface area contributed by atoms with Crippen LogP contribution in [0.15, 0.2) is 11.4 Å². The third kappa shape index (κ3) is 3.29. The van der Waals surface area contributed by atoms with Gasteiger partial charge in [-0.1, -0.05) is 11.6 Å². The zero-order valence-corrected chi connectivity index (χ0v) is 9.54. The second kappa shape index (κ2) is 6.01. The minimum absolute atomic E-state index is 0.0823. The highest BCUT2D eigenvalue weighted by Gasteiger charge is 2.10. The number of carbonyl (C=O) groups is 1. The van der Waals surface area contributed by atoms with Crippen LogP contribution in [0.4, 0.5) is 0 Å². The lowest BCUT2D eigenvalue weighted by Crippen LogP contribution is -2.26. The molecular formula is C9H13ClN2OS. The van der Waals surface area contributed by atoms with Gasteiger partial charge in [-0.3, -0.25) is 4.79 Å². The molecule has 0 radical (unpaired) electrons. The molecule has 14 heavy (non-hydrogen) atoms. The van der Waals surface area contributed by atoms with Gasteiger partial charge in [0.05, 0.1) is 5.02 Å². The highest BCUT2D eigenvalue weighted by Crippen LogP contribution is 2.21. The van der Waals surface area contributed by atoms with Crippen LogP contribution in [0, 0.1) is 0 Å². The van der Waals surface area contributed by atoms with Crippen LogP contribution in [-0.4, -0.2) is 26.0 Å². The van der Waals surface area contributed by atoms with Crippen LogP contribution in [0.5, 0.6) is 0 Å². The van der Waals surface area contributed by atoms with E-state index in [9.17, 15) is 4.79 Å². The Bertz CT molecular complexity index is 301. The van der Waals surface area contributed by atoms with Crippen molar-refractivity contribution in [2.75, 3.05) is 20.1 Å². The summed E-state index contributed by atoms with van der Waals surface area (Å²) in [5, 5.41) is 8.16. The van der Waals surface area contributed by atoms with Crippen molar-refractivity contribution in [1.82, 2.24) is 10.6 Å². The summed E-state index contributed by atoms with van der Waals surface area (Å²) in [6.45, 7) is 1.58. The van der Waals surface area contributed by atoms with E-state index < -0.39 is 0 Å². The van der Waals surface area contributed by atoms with Crippen molar-refractivity contribution >= 4 is 28.8 Å². The van der Waals surface area contributed by atoms with Crippen molar-refractivity contribution in [3.05, 3.63) is 21.3 Å². The zero-order valence-electron chi connectivity index (χ0n) is 7.97. The fourth-order valence-electron chi connectivity index (χ4n) is 1.00. The predicted molar refractivity (Wildman–Crippen MR) is 60.2 cm³/mol. The second-order valence-electron chi connectivity index (χ2n) is 2.81. The molecule has 1 amide bonds. The van der Waals surface area contributed by atoms with E-state index in [2.05, 4.69) is 10.6 Å². The summed E-state index contributed by atoms with van der Waals surface area (Å²) in [6.07, 6.45) is 0.922. The van der Waals surface area contributed by atoms with E-state index in [0.717, 1.165) is 13.0 Å². The highest BCUT2D eigenvalue weighted by molar-refractivity contribution is 7.12. The van der Waals surface area contributed by atoms with Gasteiger partial charge < -0.3 is 10.6 Å². The minimum Gasteiger partial charge on any atom is -0.351 e.